The van der Waals surface area contributed by atoms with Crippen molar-refractivity contribution in [3.05, 3.63) is 60.4 Å². The second-order valence-corrected chi connectivity index (χ2v) is 6.81. The van der Waals surface area contributed by atoms with Crippen LogP contribution in [0, 0.1) is 0 Å². The number of nitrogens with one attached hydrogen (secondary N) is 1. The molecule has 0 spiro atoms. The van der Waals surface area contributed by atoms with Crippen LogP contribution in [0.5, 0.6) is 11.5 Å². The summed E-state index contributed by atoms with van der Waals surface area (Å²) in [5.74, 6) is 1.84. The van der Waals surface area contributed by atoms with Crippen LogP contribution >= 0.6 is 0 Å². The van der Waals surface area contributed by atoms with Crippen molar-refractivity contribution in [3.8, 4) is 23.0 Å². The summed E-state index contributed by atoms with van der Waals surface area (Å²) in [6.07, 6.45) is 7.49. The van der Waals surface area contributed by atoms with Crippen LogP contribution in [0.2, 0.25) is 0 Å². The van der Waals surface area contributed by atoms with Crippen molar-refractivity contribution in [3.63, 3.8) is 0 Å². The van der Waals surface area contributed by atoms with Crippen LogP contribution in [-0.4, -0.2) is 38.9 Å². The average Bonchev–Trinajstić information content (AvgIpc) is 3.22. The second-order valence-electron chi connectivity index (χ2n) is 6.81. The number of pyridine rings is 1. The van der Waals surface area contributed by atoms with Crippen LogP contribution in [0.15, 0.2) is 54.9 Å². The minimum atomic E-state index is -0.321. The van der Waals surface area contributed by atoms with Crippen molar-refractivity contribution in [2.75, 3.05) is 18.5 Å². The molecule has 3 aromatic rings. The van der Waals surface area contributed by atoms with Gasteiger partial charge in [-0.05, 0) is 42.8 Å². The average molecular weight is 405 g/mol. The van der Waals surface area contributed by atoms with Crippen LogP contribution < -0.4 is 14.8 Å². The Morgan fingerprint density at radius 3 is 3.07 bits per heavy atom. The summed E-state index contributed by atoms with van der Waals surface area (Å²) in [6, 6.07) is 10.7. The number of carbonyl (C=O) groups excluding carboxylic acids is 1. The molecule has 2 bridgehead atoms. The van der Waals surface area contributed by atoms with Gasteiger partial charge in [0, 0.05) is 6.54 Å². The van der Waals surface area contributed by atoms with E-state index in [0.29, 0.717) is 54.2 Å². The van der Waals surface area contributed by atoms with Crippen LogP contribution in [0.1, 0.15) is 30.1 Å². The Balaban J connectivity index is 1.68. The lowest BCUT2D eigenvalue weighted by atomic mass is 10.1. The molecule has 0 saturated heterocycles. The molecule has 2 aromatic heterocycles. The Hall–Kier alpha value is -3.68. The zero-order valence-corrected chi connectivity index (χ0v) is 16.7. The predicted molar refractivity (Wildman–Crippen MR) is 113 cm³/mol. The van der Waals surface area contributed by atoms with Crippen LogP contribution in [0.25, 0.3) is 11.5 Å². The number of benzene rings is 1. The first kappa shape index (κ1) is 19.6. The molecule has 1 aromatic carbocycles. The number of hydrogen-bond acceptors (Lipinski definition) is 6. The summed E-state index contributed by atoms with van der Waals surface area (Å²) >= 11 is 0. The highest BCUT2D eigenvalue weighted by Gasteiger charge is 2.17. The van der Waals surface area contributed by atoms with E-state index in [2.05, 4.69) is 27.4 Å². The molecule has 1 amide bonds. The molecule has 154 valence electrons. The van der Waals surface area contributed by atoms with E-state index >= 15 is 0 Å². The highest BCUT2D eigenvalue weighted by atomic mass is 16.5. The largest absolute Gasteiger partial charge is 0.494 e. The minimum absolute atomic E-state index is 0.321. The molecule has 0 unspecified atom stereocenters. The van der Waals surface area contributed by atoms with E-state index in [1.165, 1.54) is 0 Å². The van der Waals surface area contributed by atoms with E-state index < -0.39 is 0 Å². The van der Waals surface area contributed by atoms with Gasteiger partial charge in [0.15, 0.2) is 5.82 Å². The summed E-state index contributed by atoms with van der Waals surface area (Å²) in [5.41, 5.74) is 1.02. The monoisotopic (exact) mass is 405 g/mol. The third kappa shape index (κ3) is 4.48. The van der Waals surface area contributed by atoms with Crippen molar-refractivity contribution < 1.29 is 14.3 Å². The van der Waals surface area contributed by atoms with Crippen LogP contribution in [0.3, 0.4) is 0 Å². The summed E-state index contributed by atoms with van der Waals surface area (Å²) in [4.78, 5) is 17.5. The number of hydrogen-bond donors (Lipinski definition) is 1. The van der Waals surface area contributed by atoms with Gasteiger partial charge in [-0.25, -0.2) is 4.98 Å². The highest BCUT2D eigenvalue weighted by Crippen LogP contribution is 2.26. The first-order chi connectivity index (χ1) is 14.7. The maximum absolute atomic E-state index is 13.0. The molecule has 0 atom stereocenters. The number of aromatic nitrogens is 4. The third-order valence-electron chi connectivity index (χ3n) is 4.60. The molecule has 0 aliphatic carbocycles. The van der Waals surface area contributed by atoms with Gasteiger partial charge in [-0.2, -0.15) is 0 Å². The third-order valence-corrected chi connectivity index (χ3v) is 4.60. The number of fused-ring (bicyclic) bond motifs is 5. The number of anilines is 1. The molecule has 4 rings (SSSR count). The van der Waals surface area contributed by atoms with Crippen molar-refractivity contribution in [2.45, 2.75) is 26.3 Å². The van der Waals surface area contributed by atoms with Gasteiger partial charge in [0.25, 0.3) is 5.91 Å². The fraction of sp³-hybridized carbons (Fsp3) is 0.273. The molecule has 1 aliphatic heterocycles. The summed E-state index contributed by atoms with van der Waals surface area (Å²) in [7, 11) is 0. The van der Waals surface area contributed by atoms with E-state index in [9.17, 15) is 4.79 Å². The standard InChI is InChI=1S/C22H23N5O3/c1-2-3-12-29-16-9-10-19-17(14-16)22(28)25-20-8-6-7-18(24-20)21-26-23-15-27(21)11-4-5-13-30-19/h4-10,14-15H,2-3,11-13H2,1H3,(H,24,25,28)/b5-4+. The Labute approximate surface area is 174 Å². The zero-order valence-electron chi connectivity index (χ0n) is 16.7. The maximum atomic E-state index is 13.0. The van der Waals surface area contributed by atoms with Gasteiger partial charge >= 0.3 is 0 Å². The van der Waals surface area contributed by atoms with Gasteiger partial charge in [-0.15, -0.1) is 10.2 Å². The molecule has 0 radical (unpaired) electrons. The van der Waals surface area contributed by atoms with Gasteiger partial charge in [0.1, 0.15) is 35.9 Å². The van der Waals surface area contributed by atoms with Gasteiger partial charge in [-0.3, -0.25) is 4.79 Å². The zero-order chi connectivity index (χ0) is 20.8. The Morgan fingerprint density at radius 2 is 2.17 bits per heavy atom. The number of nitrogens with zero attached hydrogens (tertiary/aromatic N) is 4. The molecule has 30 heavy (non-hydrogen) atoms. The van der Waals surface area contributed by atoms with Crippen molar-refractivity contribution in [1.82, 2.24) is 19.7 Å². The second kappa shape index (κ2) is 9.21. The molecular weight excluding hydrogens is 382 g/mol. The smallest absolute Gasteiger partial charge is 0.260 e. The van der Waals surface area contributed by atoms with Crippen molar-refractivity contribution in [2.24, 2.45) is 0 Å². The van der Waals surface area contributed by atoms with Crippen molar-refractivity contribution in [1.29, 1.82) is 0 Å². The molecule has 1 aliphatic rings. The number of amides is 1. The van der Waals surface area contributed by atoms with Gasteiger partial charge in [0.05, 0.1) is 12.2 Å². The lowest BCUT2D eigenvalue weighted by Crippen LogP contribution is -2.15. The van der Waals surface area contributed by atoms with E-state index in [1.807, 2.05) is 34.9 Å². The SMILES string of the molecule is CCCCOc1ccc2c(c1)C(=O)Nc1cccc(n1)-c1nncn1C/C=C/CO2. The first-order valence-electron chi connectivity index (χ1n) is 9.96. The van der Waals surface area contributed by atoms with Gasteiger partial charge in [0.2, 0.25) is 0 Å². The van der Waals surface area contributed by atoms with Crippen LogP contribution in [-0.2, 0) is 6.54 Å². The Bertz CT molecular complexity index is 1060. The molecule has 0 saturated carbocycles. The molecule has 3 heterocycles. The summed E-state index contributed by atoms with van der Waals surface area (Å²) in [5, 5.41) is 11.0. The molecule has 0 fully saturated rings. The first-order valence-corrected chi connectivity index (χ1v) is 9.96. The molecule has 1 N–H and O–H groups in total. The Morgan fingerprint density at radius 1 is 1.23 bits per heavy atom. The quantitative estimate of drug-likeness (QED) is 0.525. The van der Waals surface area contributed by atoms with E-state index in [4.69, 9.17) is 9.47 Å². The summed E-state index contributed by atoms with van der Waals surface area (Å²) < 4.78 is 13.5. The highest BCUT2D eigenvalue weighted by molar-refractivity contribution is 6.06. The van der Waals surface area contributed by atoms with E-state index in [1.54, 1.807) is 24.5 Å². The van der Waals surface area contributed by atoms with E-state index in [-0.39, 0.29) is 5.91 Å². The number of rotatable bonds is 4. The Kier molecular flexibility index (Phi) is 6.03. The predicted octanol–water partition coefficient (Wildman–Crippen LogP) is 3.72. The topological polar surface area (TPSA) is 91.2 Å². The fourth-order valence-electron chi connectivity index (χ4n) is 3.03. The summed E-state index contributed by atoms with van der Waals surface area (Å²) in [6.45, 7) is 3.62. The molecule has 8 heteroatoms. The van der Waals surface area contributed by atoms with Crippen molar-refractivity contribution >= 4 is 11.7 Å². The van der Waals surface area contributed by atoms with Crippen LogP contribution in [0.4, 0.5) is 5.82 Å². The number of carbonyl (C=O) groups is 1. The number of allylic oxidation sites excluding steroid dienone is 1. The molecule has 8 nitrogen and oxygen atoms in total. The fourth-order valence-corrected chi connectivity index (χ4v) is 3.03. The lowest BCUT2D eigenvalue weighted by molar-refractivity contribution is 0.102. The molecular formula is C22H23N5O3. The van der Waals surface area contributed by atoms with Gasteiger partial charge in [-0.1, -0.05) is 25.5 Å². The van der Waals surface area contributed by atoms with Gasteiger partial charge < -0.3 is 19.4 Å². The maximum Gasteiger partial charge on any atom is 0.260 e. The van der Waals surface area contributed by atoms with E-state index in [0.717, 1.165) is 12.8 Å². The minimum Gasteiger partial charge on any atom is -0.494 e. The number of unbranched alkanes of at least 4 members (excludes halogenated alkanes) is 1. The number of ether oxygens (including phenoxy) is 2. The lowest BCUT2D eigenvalue weighted by Gasteiger charge is -2.14. The normalized spacial score (nSPS) is 14.5.